The minimum absolute atomic E-state index is 0.295. The lowest BCUT2D eigenvalue weighted by molar-refractivity contribution is 0.296. The number of rotatable bonds is 3. The SMILES string of the molecule is Nc1ccn2nc(COc3ccc(Cl)cc3)nc2c1. The highest BCUT2D eigenvalue weighted by atomic mass is 35.5. The van der Waals surface area contributed by atoms with E-state index in [4.69, 9.17) is 22.1 Å². The maximum Gasteiger partial charge on any atom is 0.189 e. The molecule has 96 valence electrons. The second kappa shape index (κ2) is 4.78. The number of aromatic nitrogens is 3. The van der Waals surface area contributed by atoms with Crippen LogP contribution in [0.3, 0.4) is 0 Å². The first kappa shape index (κ1) is 11.8. The van der Waals surface area contributed by atoms with Gasteiger partial charge in [-0.05, 0) is 30.3 Å². The van der Waals surface area contributed by atoms with Crippen molar-refractivity contribution in [3.8, 4) is 5.75 Å². The number of nitrogens with zero attached hydrogens (tertiary/aromatic N) is 3. The Labute approximate surface area is 114 Å². The van der Waals surface area contributed by atoms with Crippen LogP contribution in [0, 0.1) is 0 Å². The summed E-state index contributed by atoms with van der Waals surface area (Å²) in [5, 5.41) is 4.96. The van der Waals surface area contributed by atoms with E-state index in [1.54, 1.807) is 47.1 Å². The van der Waals surface area contributed by atoms with Crippen LogP contribution in [0.5, 0.6) is 5.75 Å². The summed E-state index contributed by atoms with van der Waals surface area (Å²) in [7, 11) is 0. The van der Waals surface area contributed by atoms with Crippen molar-refractivity contribution in [1.82, 2.24) is 14.6 Å². The summed E-state index contributed by atoms with van der Waals surface area (Å²) in [6.07, 6.45) is 1.77. The first-order chi connectivity index (χ1) is 9.20. The normalized spacial score (nSPS) is 10.8. The smallest absolute Gasteiger partial charge is 0.189 e. The largest absolute Gasteiger partial charge is 0.486 e. The number of nitrogen functional groups attached to an aromatic ring is 1. The Morgan fingerprint density at radius 2 is 2.00 bits per heavy atom. The molecule has 6 heteroatoms. The molecule has 2 heterocycles. The van der Waals surface area contributed by atoms with Crippen LogP contribution in [-0.4, -0.2) is 14.6 Å². The zero-order valence-electron chi connectivity index (χ0n) is 9.95. The van der Waals surface area contributed by atoms with Crippen LogP contribution >= 0.6 is 11.6 Å². The minimum Gasteiger partial charge on any atom is -0.486 e. The molecule has 0 bridgehead atoms. The molecule has 0 aliphatic heterocycles. The lowest BCUT2D eigenvalue weighted by atomic mass is 10.3. The van der Waals surface area contributed by atoms with Crippen molar-refractivity contribution in [2.45, 2.75) is 6.61 Å². The molecule has 0 spiro atoms. The summed E-state index contributed by atoms with van der Waals surface area (Å²) >= 11 is 5.80. The number of benzene rings is 1. The first-order valence-corrected chi connectivity index (χ1v) is 6.08. The molecule has 2 N–H and O–H groups in total. The number of pyridine rings is 1. The van der Waals surface area contributed by atoms with Gasteiger partial charge in [0, 0.05) is 23.0 Å². The molecule has 0 fully saturated rings. The zero-order chi connectivity index (χ0) is 13.2. The van der Waals surface area contributed by atoms with Gasteiger partial charge in [0.1, 0.15) is 12.4 Å². The monoisotopic (exact) mass is 274 g/mol. The summed E-state index contributed by atoms with van der Waals surface area (Å²) in [5.41, 5.74) is 7.05. The van der Waals surface area contributed by atoms with Gasteiger partial charge in [-0.15, -0.1) is 5.10 Å². The van der Waals surface area contributed by atoms with Crippen LogP contribution in [0.1, 0.15) is 5.82 Å². The Morgan fingerprint density at radius 3 is 2.79 bits per heavy atom. The molecule has 19 heavy (non-hydrogen) atoms. The molecule has 1 aromatic carbocycles. The third-order valence-electron chi connectivity index (χ3n) is 2.59. The number of fused-ring (bicyclic) bond motifs is 1. The molecular weight excluding hydrogens is 264 g/mol. The van der Waals surface area contributed by atoms with Crippen molar-refractivity contribution in [3.63, 3.8) is 0 Å². The Balaban J connectivity index is 1.76. The predicted octanol–water partition coefficient (Wildman–Crippen LogP) is 2.54. The minimum atomic E-state index is 0.295. The summed E-state index contributed by atoms with van der Waals surface area (Å²) in [6.45, 7) is 0.295. The quantitative estimate of drug-likeness (QED) is 0.797. The van der Waals surface area contributed by atoms with E-state index in [1.165, 1.54) is 0 Å². The van der Waals surface area contributed by atoms with Gasteiger partial charge < -0.3 is 10.5 Å². The highest BCUT2D eigenvalue weighted by Gasteiger charge is 2.04. The third-order valence-corrected chi connectivity index (χ3v) is 2.84. The zero-order valence-corrected chi connectivity index (χ0v) is 10.7. The van der Waals surface area contributed by atoms with E-state index >= 15 is 0 Å². The molecule has 0 aliphatic carbocycles. The summed E-state index contributed by atoms with van der Waals surface area (Å²) in [6, 6.07) is 10.7. The van der Waals surface area contributed by atoms with Crippen molar-refractivity contribution < 1.29 is 4.74 Å². The molecule has 0 unspecified atom stereocenters. The predicted molar refractivity (Wildman–Crippen MR) is 73.2 cm³/mol. The van der Waals surface area contributed by atoms with Crippen LogP contribution in [0.4, 0.5) is 5.69 Å². The van der Waals surface area contributed by atoms with Crippen molar-refractivity contribution >= 4 is 22.9 Å². The molecule has 0 saturated heterocycles. The lowest BCUT2D eigenvalue weighted by Crippen LogP contribution is -1.97. The fraction of sp³-hybridized carbons (Fsp3) is 0.0769. The van der Waals surface area contributed by atoms with Crippen LogP contribution < -0.4 is 10.5 Å². The van der Waals surface area contributed by atoms with Gasteiger partial charge >= 0.3 is 0 Å². The fourth-order valence-electron chi connectivity index (χ4n) is 1.68. The Kier molecular flexibility index (Phi) is 2.97. The molecule has 3 aromatic rings. The lowest BCUT2D eigenvalue weighted by Gasteiger charge is -2.02. The number of nitrogens with two attached hydrogens (primary N) is 1. The summed E-state index contributed by atoms with van der Waals surface area (Å²) in [5.74, 6) is 1.32. The van der Waals surface area contributed by atoms with Gasteiger partial charge in [-0.25, -0.2) is 9.50 Å². The average molecular weight is 275 g/mol. The van der Waals surface area contributed by atoms with Crippen molar-refractivity contribution in [2.24, 2.45) is 0 Å². The average Bonchev–Trinajstić information content (AvgIpc) is 2.80. The molecule has 0 radical (unpaired) electrons. The molecule has 0 atom stereocenters. The molecule has 5 nitrogen and oxygen atoms in total. The number of hydrogen-bond donors (Lipinski definition) is 1. The molecule has 0 saturated carbocycles. The van der Waals surface area contributed by atoms with Gasteiger partial charge in [0.05, 0.1) is 0 Å². The van der Waals surface area contributed by atoms with Crippen molar-refractivity contribution in [2.75, 3.05) is 5.73 Å². The van der Waals surface area contributed by atoms with Gasteiger partial charge in [0.25, 0.3) is 0 Å². The Morgan fingerprint density at radius 1 is 1.21 bits per heavy atom. The maximum atomic E-state index is 5.80. The topological polar surface area (TPSA) is 65.4 Å². The van der Waals surface area contributed by atoms with Crippen LogP contribution in [0.2, 0.25) is 5.02 Å². The second-order valence-electron chi connectivity index (χ2n) is 4.03. The van der Waals surface area contributed by atoms with Gasteiger partial charge in [-0.1, -0.05) is 11.6 Å². The Hall–Kier alpha value is -2.27. The number of hydrogen-bond acceptors (Lipinski definition) is 4. The van der Waals surface area contributed by atoms with Crippen LogP contribution in [-0.2, 0) is 6.61 Å². The highest BCUT2D eigenvalue weighted by Crippen LogP contribution is 2.16. The number of anilines is 1. The maximum absolute atomic E-state index is 5.80. The highest BCUT2D eigenvalue weighted by molar-refractivity contribution is 6.30. The van der Waals surface area contributed by atoms with E-state index in [-0.39, 0.29) is 0 Å². The summed E-state index contributed by atoms with van der Waals surface area (Å²) in [4.78, 5) is 4.33. The van der Waals surface area contributed by atoms with E-state index in [0.717, 1.165) is 5.75 Å². The molecular formula is C13H11ClN4O. The van der Waals surface area contributed by atoms with Crippen molar-refractivity contribution in [3.05, 3.63) is 53.4 Å². The molecule has 3 rings (SSSR count). The van der Waals surface area contributed by atoms with E-state index in [1.807, 2.05) is 0 Å². The van der Waals surface area contributed by atoms with Crippen LogP contribution in [0.15, 0.2) is 42.6 Å². The summed E-state index contributed by atoms with van der Waals surface area (Å²) < 4.78 is 7.24. The van der Waals surface area contributed by atoms with E-state index in [0.29, 0.717) is 28.8 Å². The van der Waals surface area contributed by atoms with Crippen LogP contribution in [0.25, 0.3) is 5.65 Å². The standard InChI is InChI=1S/C13H11ClN4O/c14-9-1-3-11(4-2-9)19-8-12-16-13-7-10(15)5-6-18(13)17-12/h1-7H,8,15H2. The van der Waals surface area contributed by atoms with E-state index in [2.05, 4.69) is 10.1 Å². The number of halogens is 1. The fourth-order valence-corrected chi connectivity index (χ4v) is 1.81. The van der Waals surface area contributed by atoms with Gasteiger partial charge in [-0.3, -0.25) is 0 Å². The molecule has 0 amide bonds. The van der Waals surface area contributed by atoms with E-state index < -0.39 is 0 Å². The van der Waals surface area contributed by atoms with Gasteiger partial charge in [0.2, 0.25) is 0 Å². The van der Waals surface area contributed by atoms with Crippen molar-refractivity contribution in [1.29, 1.82) is 0 Å². The number of ether oxygens (including phenoxy) is 1. The second-order valence-corrected chi connectivity index (χ2v) is 4.47. The third kappa shape index (κ3) is 2.61. The van der Waals surface area contributed by atoms with Gasteiger partial charge in [-0.2, -0.15) is 0 Å². The van der Waals surface area contributed by atoms with Gasteiger partial charge in [0.15, 0.2) is 11.5 Å². The van der Waals surface area contributed by atoms with E-state index in [9.17, 15) is 0 Å². The first-order valence-electron chi connectivity index (χ1n) is 5.70. The Bertz CT molecular complexity index is 708. The molecule has 0 aliphatic rings. The molecule has 2 aromatic heterocycles.